The van der Waals surface area contributed by atoms with Crippen LogP contribution in [-0.4, -0.2) is 45.0 Å². The Morgan fingerprint density at radius 2 is 1.69 bits per heavy atom. The molecule has 5 N–H and O–H groups in total. The molecule has 0 heterocycles. The molecule has 0 fully saturated rings. The summed E-state index contributed by atoms with van der Waals surface area (Å²) in [7, 11) is -3.89. The van der Waals surface area contributed by atoms with Gasteiger partial charge in [-0.3, -0.25) is 9.59 Å². The van der Waals surface area contributed by atoms with Crippen LogP contribution in [0.2, 0.25) is 0 Å². The molecule has 26 heavy (non-hydrogen) atoms. The highest BCUT2D eigenvalue weighted by molar-refractivity contribution is 7.89. The molecule has 11 heteroatoms. The lowest BCUT2D eigenvalue weighted by Gasteiger charge is -2.19. The van der Waals surface area contributed by atoms with Crippen molar-refractivity contribution in [2.45, 2.75) is 31.3 Å². The molecule has 0 aromatic heterocycles. The Morgan fingerprint density at radius 1 is 1.08 bits per heavy atom. The van der Waals surface area contributed by atoms with Gasteiger partial charge in [0.2, 0.25) is 21.8 Å². The van der Waals surface area contributed by atoms with Gasteiger partial charge in [0.15, 0.2) is 0 Å². The molecule has 0 aliphatic carbocycles. The van der Waals surface area contributed by atoms with Crippen LogP contribution in [0.4, 0.5) is 10.5 Å². The van der Waals surface area contributed by atoms with E-state index < -0.39 is 33.5 Å². The van der Waals surface area contributed by atoms with Gasteiger partial charge in [-0.2, -0.15) is 0 Å². The van der Waals surface area contributed by atoms with Crippen LogP contribution in [0.1, 0.15) is 20.8 Å². The molecule has 10 nitrogen and oxygen atoms in total. The SMILES string of the molecule is CC(C)(C)OC(=O)NCC(=O)NCC(=O)Nc1cccc(S(N)(=O)=O)c1. The number of primary sulfonamides is 1. The largest absolute Gasteiger partial charge is 0.444 e. The number of alkyl carbamates (subject to hydrolysis) is 1. The fourth-order valence-electron chi connectivity index (χ4n) is 1.66. The van der Waals surface area contributed by atoms with Crippen molar-refractivity contribution in [3.05, 3.63) is 24.3 Å². The molecule has 0 atom stereocenters. The number of rotatable bonds is 6. The number of hydrogen-bond donors (Lipinski definition) is 4. The van der Waals surface area contributed by atoms with Gasteiger partial charge in [-0.05, 0) is 39.0 Å². The molecule has 144 valence electrons. The number of nitrogens with one attached hydrogen (secondary N) is 3. The molecule has 0 saturated heterocycles. The first-order valence-corrected chi connectivity index (χ1v) is 9.08. The number of carbonyl (C=O) groups is 3. The fraction of sp³-hybridized carbons (Fsp3) is 0.400. The summed E-state index contributed by atoms with van der Waals surface area (Å²) in [6.07, 6.45) is -0.753. The van der Waals surface area contributed by atoms with Crippen molar-refractivity contribution in [1.29, 1.82) is 0 Å². The van der Waals surface area contributed by atoms with E-state index in [0.717, 1.165) is 0 Å². The predicted molar refractivity (Wildman–Crippen MR) is 93.7 cm³/mol. The zero-order valence-corrected chi connectivity index (χ0v) is 15.5. The van der Waals surface area contributed by atoms with Crippen molar-refractivity contribution in [2.24, 2.45) is 5.14 Å². The summed E-state index contributed by atoms with van der Waals surface area (Å²) < 4.78 is 27.5. The van der Waals surface area contributed by atoms with E-state index in [1.807, 2.05) is 0 Å². The molecule has 0 aliphatic rings. The van der Waals surface area contributed by atoms with Crippen LogP contribution in [0.25, 0.3) is 0 Å². The standard InChI is InChI=1S/C15H22N4O6S/c1-15(2,3)25-14(22)18-8-12(20)17-9-13(21)19-10-5-4-6-11(7-10)26(16,23)24/h4-7H,8-9H2,1-3H3,(H,17,20)(H,18,22)(H,19,21)(H2,16,23,24). The first kappa shape index (κ1) is 21.4. The zero-order chi connectivity index (χ0) is 20.0. The fourth-order valence-corrected chi connectivity index (χ4v) is 2.22. The van der Waals surface area contributed by atoms with E-state index in [1.54, 1.807) is 20.8 Å². The topological polar surface area (TPSA) is 157 Å². The predicted octanol–water partition coefficient (Wildman–Crippen LogP) is -0.0866. The summed E-state index contributed by atoms with van der Waals surface area (Å²) in [6, 6.07) is 5.37. The molecule has 0 spiro atoms. The quantitative estimate of drug-likeness (QED) is 0.535. The maximum Gasteiger partial charge on any atom is 0.408 e. The highest BCUT2D eigenvalue weighted by Crippen LogP contribution is 2.13. The molecule has 0 aliphatic heterocycles. The number of nitrogens with two attached hydrogens (primary N) is 1. The average molecular weight is 386 g/mol. The Morgan fingerprint density at radius 3 is 2.27 bits per heavy atom. The Kier molecular flexibility index (Phi) is 7.10. The minimum atomic E-state index is -3.89. The van der Waals surface area contributed by atoms with E-state index >= 15 is 0 Å². The molecule has 1 aromatic carbocycles. The van der Waals surface area contributed by atoms with Crippen LogP contribution < -0.4 is 21.1 Å². The first-order chi connectivity index (χ1) is 11.9. The third kappa shape index (κ3) is 8.44. The van der Waals surface area contributed by atoms with Gasteiger partial charge in [0, 0.05) is 5.69 Å². The summed E-state index contributed by atoms with van der Waals surface area (Å²) in [5.41, 5.74) is -0.478. The molecule has 3 amide bonds. The van der Waals surface area contributed by atoms with Crippen LogP contribution in [-0.2, 0) is 24.3 Å². The second-order valence-electron chi connectivity index (χ2n) is 6.25. The van der Waals surface area contributed by atoms with Crippen molar-refractivity contribution in [3.8, 4) is 0 Å². The van der Waals surface area contributed by atoms with Crippen LogP contribution in [0.15, 0.2) is 29.2 Å². The van der Waals surface area contributed by atoms with Crippen LogP contribution in [0.5, 0.6) is 0 Å². The van der Waals surface area contributed by atoms with Gasteiger partial charge in [-0.15, -0.1) is 0 Å². The third-order valence-electron chi connectivity index (χ3n) is 2.68. The number of sulfonamides is 1. The minimum Gasteiger partial charge on any atom is -0.444 e. The molecule has 0 bridgehead atoms. The summed E-state index contributed by atoms with van der Waals surface area (Å²) in [5, 5.41) is 12.0. The van der Waals surface area contributed by atoms with Gasteiger partial charge in [-0.1, -0.05) is 6.07 Å². The van der Waals surface area contributed by atoms with Gasteiger partial charge in [-0.25, -0.2) is 18.4 Å². The molecule has 0 unspecified atom stereocenters. The maximum absolute atomic E-state index is 11.8. The number of hydrogen-bond acceptors (Lipinski definition) is 6. The van der Waals surface area contributed by atoms with Crippen LogP contribution >= 0.6 is 0 Å². The second kappa shape index (κ2) is 8.63. The lowest BCUT2D eigenvalue weighted by molar-refractivity contribution is -0.123. The normalized spacial score (nSPS) is 11.4. The Balaban J connectivity index is 2.43. The summed E-state index contributed by atoms with van der Waals surface area (Å²) in [4.78, 5) is 34.6. The zero-order valence-electron chi connectivity index (χ0n) is 14.7. The van der Waals surface area contributed by atoms with Gasteiger partial charge in [0.1, 0.15) is 12.1 Å². The van der Waals surface area contributed by atoms with E-state index in [0.29, 0.717) is 0 Å². The number of ether oxygens (including phenoxy) is 1. The molecule has 1 rings (SSSR count). The number of benzene rings is 1. The van der Waals surface area contributed by atoms with Gasteiger partial charge >= 0.3 is 6.09 Å². The number of amides is 3. The summed E-state index contributed by atoms with van der Waals surface area (Å²) in [5.74, 6) is -1.17. The summed E-state index contributed by atoms with van der Waals surface area (Å²) in [6.45, 7) is 4.32. The first-order valence-electron chi connectivity index (χ1n) is 7.53. The molecular formula is C15H22N4O6S. The van der Waals surface area contributed by atoms with Gasteiger partial charge in [0.05, 0.1) is 11.4 Å². The Labute approximate surface area is 151 Å². The highest BCUT2D eigenvalue weighted by Gasteiger charge is 2.16. The molecule has 0 radical (unpaired) electrons. The maximum atomic E-state index is 11.8. The Bertz CT molecular complexity index is 786. The Hall–Kier alpha value is -2.66. The van der Waals surface area contributed by atoms with E-state index in [9.17, 15) is 22.8 Å². The van der Waals surface area contributed by atoms with Crippen molar-refractivity contribution < 1.29 is 27.5 Å². The lowest BCUT2D eigenvalue weighted by atomic mass is 10.2. The summed E-state index contributed by atoms with van der Waals surface area (Å²) >= 11 is 0. The molecule has 0 saturated carbocycles. The van der Waals surface area contributed by atoms with Crippen molar-refractivity contribution >= 4 is 33.6 Å². The van der Waals surface area contributed by atoms with E-state index in [4.69, 9.17) is 9.88 Å². The minimum absolute atomic E-state index is 0.152. The average Bonchev–Trinajstić information content (AvgIpc) is 2.48. The van der Waals surface area contributed by atoms with Crippen molar-refractivity contribution in [1.82, 2.24) is 10.6 Å². The molecular weight excluding hydrogens is 364 g/mol. The van der Waals surface area contributed by atoms with E-state index in [-0.39, 0.29) is 23.7 Å². The molecule has 1 aromatic rings. The lowest BCUT2D eigenvalue weighted by Crippen LogP contribution is -2.41. The monoisotopic (exact) mass is 386 g/mol. The number of carbonyl (C=O) groups excluding carboxylic acids is 3. The second-order valence-corrected chi connectivity index (χ2v) is 7.81. The van der Waals surface area contributed by atoms with Crippen molar-refractivity contribution in [3.63, 3.8) is 0 Å². The van der Waals surface area contributed by atoms with Crippen molar-refractivity contribution in [2.75, 3.05) is 18.4 Å². The van der Waals surface area contributed by atoms with Gasteiger partial charge in [0.25, 0.3) is 0 Å². The van der Waals surface area contributed by atoms with E-state index in [1.165, 1.54) is 24.3 Å². The highest BCUT2D eigenvalue weighted by atomic mass is 32.2. The third-order valence-corrected chi connectivity index (χ3v) is 3.60. The van der Waals surface area contributed by atoms with Crippen LogP contribution in [0, 0.1) is 0 Å². The van der Waals surface area contributed by atoms with Gasteiger partial charge < -0.3 is 20.7 Å². The smallest absolute Gasteiger partial charge is 0.408 e. The number of anilines is 1. The van der Waals surface area contributed by atoms with E-state index in [2.05, 4.69) is 16.0 Å². The van der Waals surface area contributed by atoms with Crippen LogP contribution in [0.3, 0.4) is 0 Å².